The second-order valence-corrected chi connectivity index (χ2v) is 12.0. The zero-order valence-electron chi connectivity index (χ0n) is 22.8. The first-order valence-corrected chi connectivity index (χ1v) is 14.7. The average molecular weight is 566 g/mol. The van der Waals surface area contributed by atoms with Gasteiger partial charge in [-0.2, -0.15) is 0 Å². The minimum absolute atomic E-state index is 0.105. The van der Waals surface area contributed by atoms with Crippen molar-refractivity contribution in [1.82, 2.24) is 10.2 Å². The number of benzene rings is 2. The fraction of sp³-hybridized carbons (Fsp3) is 0.387. The molecular formula is C31H36ClN3O3S. The fourth-order valence-corrected chi connectivity index (χ4v) is 6.27. The highest BCUT2D eigenvalue weighted by molar-refractivity contribution is 7.17. The number of likely N-dealkylation sites (N-methyl/N-ethyl adjacent to an activating group) is 1. The molecule has 6 nitrogen and oxygen atoms in total. The lowest BCUT2D eigenvalue weighted by atomic mass is 9.85. The number of nitrogens with one attached hydrogen (secondary N) is 2. The molecule has 0 radical (unpaired) electrons. The predicted octanol–water partition coefficient (Wildman–Crippen LogP) is 7.18. The van der Waals surface area contributed by atoms with E-state index in [1.54, 1.807) is 38.4 Å². The zero-order valence-corrected chi connectivity index (χ0v) is 24.3. The number of amides is 3. The number of anilines is 1. The second-order valence-electron chi connectivity index (χ2n) is 10.5. The molecule has 0 saturated heterocycles. The van der Waals surface area contributed by atoms with Crippen molar-refractivity contribution in [3.8, 4) is 10.4 Å². The summed E-state index contributed by atoms with van der Waals surface area (Å²) in [5.41, 5.74) is 2.66. The number of carbonyl (C=O) groups excluding carboxylic acids is 3. The second kappa shape index (κ2) is 13.3. The highest BCUT2D eigenvalue weighted by Gasteiger charge is 2.25. The molecule has 1 aromatic heterocycles. The highest BCUT2D eigenvalue weighted by atomic mass is 35.5. The van der Waals surface area contributed by atoms with Gasteiger partial charge in [0.15, 0.2) is 0 Å². The normalized spacial score (nSPS) is 14.5. The van der Waals surface area contributed by atoms with Gasteiger partial charge >= 0.3 is 0 Å². The number of aryl methyl sites for hydroxylation is 1. The zero-order chi connectivity index (χ0) is 27.9. The van der Waals surface area contributed by atoms with Crippen LogP contribution in [-0.2, 0) is 4.79 Å². The minimum Gasteiger partial charge on any atom is -0.347 e. The Labute approximate surface area is 239 Å². The number of hydrogen-bond donors (Lipinski definition) is 2. The number of thiophene rings is 1. The van der Waals surface area contributed by atoms with Crippen molar-refractivity contribution in [3.05, 3.63) is 75.6 Å². The molecule has 1 aliphatic rings. The van der Waals surface area contributed by atoms with Gasteiger partial charge in [0, 0.05) is 40.8 Å². The average Bonchev–Trinajstić information content (AvgIpc) is 3.43. The Bertz CT molecular complexity index is 1330. The van der Waals surface area contributed by atoms with Crippen LogP contribution in [0.2, 0.25) is 5.02 Å². The maximum atomic E-state index is 13.2. The van der Waals surface area contributed by atoms with Gasteiger partial charge in [-0.15, -0.1) is 11.3 Å². The van der Waals surface area contributed by atoms with E-state index in [-0.39, 0.29) is 17.7 Å². The Balaban J connectivity index is 1.45. The molecule has 4 rings (SSSR count). The molecule has 206 valence electrons. The molecule has 1 fully saturated rings. The molecule has 0 bridgehead atoms. The number of halogens is 1. The van der Waals surface area contributed by atoms with E-state index in [1.165, 1.54) is 48.3 Å². The van der Waals surface area contributed by atoms with Crippen LogP contribution in [0.4, 0.5) is 5.69 Å². The summed E-state index contributed by atoms with van der Waals surface area (Å²) in [5, 5.41) is 6.54. The first-order chi connectivity index (χ1) is 18.7. The van der Waals surface area contributed by atoms with Gasteiger partial charge in [0.05, 0.1) is 4.88 Å². The molecule has 0 unspecified atom stereocenters. The van der Waals surface area contributed by atoms with Crippen LogP contribution < -0.4 is 10.6 Å². The summed E-state index contributed by atoms with van der Waals surface area (Å²) in [6, 6.07) is 15.8. The molecule has 39 heavy (non-hydrogen) atoms. The van der Waals surface area contributed by atoms with E-state index in [1.807, 2.05) is 37.3 Å². The maximum Gasteiger partial charge on any atom is 0.265 e. The number of nitrogens with zero attached hydrogens (tertiary/aromatic N) is 1. The van der Waals surface area contributed by atoms with Crippen molar-refractivity contribution in [2.24, 2.45) is 5.92 Å². The van der Waals surface area contributed by atoms with Crippen LogP contribution in [0.1, 0.15) is 70.5 Å². The summed E-state index contributed by atoms with van der Waals surface area (Å²) < 4.78 is 0. The summed E-state index contributed by atoms with van der Waals surface area (Å²) in [6.45, 7) is 1.88. The Morgan fingerprint density at radius 3 is 2.46 bits per heavy atom. The molecule has 1 heterocycles. The molecule has 3 amide bonds. The van der Waals surface area contributed by atoms with Crippen LogP contribution in [0.3, 0.4) is 0 Å². The number of hydrogen-bond acceptors (Lipinski definition) is 4. The van der Waals surface area contributed by atoms with Crippen molar-refractivity contribution in [2.45, 2.75) is 57.9 Å². The van der Waals surface area contributed by atoms with Crippen molar-refractivity contribution in [1.29, 1.82) is 0 Å². The molecule has 2 N–H and O–H groups in total. The minimum atomic E-state index is -0.580. The van der Waals surface area contributed by atoms with Gasteiger partial charge in [-0.25, -0.2) is 0 Å². The Hall–Kier alpha value is -3.16. The summed E-state index contributed by atoms with van der Waals surface area (Å²) >= 11 is 7.68. The largest absolute Gasteiger partial charge is 0.347 e. The van der Waals surface area contributed by atoms with E-state index in [4.69, 9.17) is 11.6 Å². The van der Waals surface area contributed by atoms with E-state index >= 15 is 0 Å². The van der Waals surface area contributed by atoms with E-state index < -0.39 is 6.04 Å². The van der Waals surface area contributed by atoms with E-state index in [2.05, 4.69) is 10.6 Å². The van der Waals surface area contributed by atoms with E-state index in [9.17, 15) is 14.4 Å². The Morgan fingerprint density at radius 1 is 1.00 bits per heavy atom. The molecule has 8 heteroatoms. The lowest BCUT2D eigenvalue weighted by molar-refractivity contribution is -0.131. The first kappa shape index (κ1) is 28.8. The third-order valence-corrected chi connectivity index (χ3v) is 8.80. The molecular weight excluding hydrogens is 530 g/mol. The molecule has 0 aliphatic heterocycles. The first-order valence-electron chi connectivity index (χ1n) is 13.5. The lowest BCUT2D eigenvalue weighted by Gasteiger charge is -2.26. The fourth-order valence-electron chi connectivity index (χ4n) is 5.04. The smallest absolute Gasteiger partial charge is 0.265 e. The van der Waals surface area contributed by atoms with Gasteiger partial charge in [-0.3, -0.25) is 14.4 Å². The lowest BCUT2D eigenvalue weighted by Crippen LogP contribution is -2.46. The number of rotatable bonds is 9. The van der Waals surface area contributed by atoms with E-state index in [0.29, 0.717) is 33.5 Å². The maximum absolute atomic E-state index is 13.2. The third kappa shape index (κ3) is 7.49. The van der Waals surface area contributed by atoms with Crippen molar-refractivity contribution < 1.29 is 14.4 Å². The van der Waals surface area contributed by atoms with Crippen LogP contribution in [0.25, 0.3) is 10.4 Å². The molecule has 3 aromatic rings. The molecule has 2 aromatic carbocycles. The Morgan fingerprint density at radius 2 is 1.74 bits per heavy atom. The standard InChI is InChI=1S/C31H36ClN3O3S/c1-20-13-15-22(29(36)33-25(31(38)35(2)3)16-14-21-9-5-4-6-10-21)19-26(20)34-30(37)28-18-17-27(39-28)23-11-7-8-12-24(23)32/h7-8,11-13,15,17-19,21,25H,4-6,9-10,14,16H2,1-3H3,(H,33,36)(H,34,37)/t25-/m0/s1. The molecule has 1 atom stereocenters. The van der Waals surface area contributed by atoms with Crippen LogP contribution >= 0.6 is 22.9 Å². The van der Waals surface area contributed by atoms with E-state index in [0.717, 1.165) is 22.4 Å². The summed E-state index contributed by atoms with van der Waals surface area (Å²) in [5.74, 6) is -0.0737. The predicted molar refractivity (Wildman–Crippen MR) is 160 cm³/mol. The van der Waals surface area contributed by atoms with Gasteiger partial charge in [-0.05, 0) is 61.6 Å². The summed E-state index contributed by atoms with van der Waals surface area (Å²) in [6.07, 6.45) is 7.71. The third-order valence-electron chi connectivity index (χ3n) is 7.35. The SMILES string of the molecule is Cc1ccc(C(=O)N[C@@H](CCC2CCCCC2)C(=O)N(C)C)cc1NC(=O)c1ccc(-c2ccccc2Cl)s1. The van der Waals surface area contributed by atoms with Crippen LogP contribution in [0.5, 0.6) is 0 Å². The van der Waals surface area contributed by atoms with Gasteiger partial charge in [0.25, 0.3) is 11.8 Å². The highest BCUT2D eigenvalue weighted by Crippen LogP contribution is 2.34. The summed E-state index contributed by atoms with van der Waals surface area (Å²) in [4.78, 5) is 42.2. The molecule has 0 spiro atoms. The molecule has 1 saturated carbocycles. The van der Waals surface area contributed by atoms with Gasteiger partial charge in [0.2, 0.25) is 5.91 Å². The van der Waals surface area contributed by atoms with Crippen molar-refractivity contribution in [2.75, 3.05) is 19.4 Å². The monoisotopic (exact) mass is 565 g/mol. The molecule has 1 aliphatic carbocycles. The van der Waals surface area contributed by atoms with Crippen molar-refractivity contribution in [3.63, 3.8) is 0 Å². The Kier molecular flexibility index (Phi) is 9.81. The quantitative estimate of drug-likeness (QED) is 0.288. The van der Waals surface area contributed by atoms with Gasteiger partial charge < -0.3 is 15.5 Å². The summed E-state index contributed by atoms with van der Waals surface area (Å²) in [7, 11) is 3.42. The van der Waals surface area contributed by atoms with Gasteiger partial charge in [-0.1, -0.05) is 68.0 Å². The topological polar surface area (TPSA) is 78.5 Å². The van der Waals surface area contributed by atoms with Crippen LogP contribution in [-0.4, -0.2) is 42.8 Å². The van der Waals surface area contributed by atoms with Crippen molar-refractivity contribution >= 4 is 46.3 Å². The number of carbonyl (C=O) groups is 3. The van der Waals surface area contributed by atoms with Gasteiger partial charge in [0.1, 0.15) is 6.04 Å². The van der Waals surface area contributed by atoms with Crippen LogP contribution in [0.15, 0.2) is 54.6 Å². The van der Waals surface area contributed by atoms with Crippen LogP contribution in [0, 0.1) is 12.8 Å².